The van der Waals surface area contributed by atoms with Gasteiger partial charge >= 0.3 is 0 Å². The number of hydrogen-bond donors (Lipinski definition) is 3. The van der Waals surface area contributed by atoms with Gasteiger partial charge in [-0.05, 0) is 0 Å². The van der Waals surface area contributed by atoms with E-state index in [9.17, 15) is 0 Å². The fourth-order valence-electron chi connectivity index (χ4n) is 1.02. The maximum Gasteiger partial charge on any atom is 0.181 e. The molecule has 2 aromatic rings. The molecule has 0 saturated carbocycles. The highest BCUT2D eigenvalue weighted by Gasteiger charge is 2.08. The molecule has 0 aliphatic rings. The van der Waals surface area contributed by atoms with E-state index in [-0.39, 0.29) is 5.84 Å². The van der Waals surface area contributed by atoms with Crippen molar-refractivity contribution < 1.29 is 0 Å². The summed E-state index contributed by atoms with van der Waals surface area (Å²) < 4.78 is 0. The zero-order chi connectivity index (χ0) is 9.26. The lowest BCUT2D eigenvalue weighted by Crippen LogP contribution is -2.17. The normalized spacial score (nSPS) is 12.2. The Morgan fingerprint density at radius 2 is 2.23 bits per heavy atom. The van der Waals surface area contributed by atoms with Gasteiger partial charge in [-0.1, -0.05) is 0 Å². The molecule has 0 amide bonds. The maximum absolute atomic E-state index is 5.51. The van der Waals surface area contributed by atoms with Gasteiger partial charge in [0.2, 0.25) is 0 Å². The Bertz CT molecular complexity index is 457. The van der Waals surface area contributed by atoms with Crippen molar-refractivity contribution in [2.24, 2.45) is 16.7 Å². The first-order chi connectivity index (χ1) is 6.33. The van der Waals surface area contributed by atoms with Crippen LogP contribution in [0.5, 0.6) is 0 Å². The number of rotatable bonds is 1. The molecule has 0 radical (unpaired) electrons. The molecule has 0 aliphatic carbocycles. The number of fused-ring (bicyclic) bond motifs is 1. The van der Waals surface area contributed by atoms with Crippen LogP contribution in [0.25, 0.3) is 11.2 Å². The summed E-state index contributed by atoms with van der Waals surface area (Å²) in [6, 6.07) is 0. The number of hydrazone groups is 1. The summed E-state index contributed by atoms with van der Waals surface area (Å²) in [4.78, 5) is 14.6. The second kappa shape index (κ2) is 2.70. The predicted octanol–water partition coefficient (Wildman–Crippen LogP) is -1.07. The fourth-order valence-corrected chi connectivity index (χ4v) is 1.02. The van der Waals surface area contributed by atoms with E-state index in [1.165, 1.54) is 12.7 Å². The predicted molar refractivity (Wildman–Crippen MR) is 46.6 cm³/mol. The molecule has 2 heterocycles. The second-order valence-corrected chi connectivity index (χ2v) is 2.34. The Kier molecular flexibility index (Phi) is 1.55. The molecule has 0 aromatic carbocycles. The van der Waals surface area contributed by atoms with Crippen molar-refractivity contribution in [3.63, 3.8) is 0 Å². The first-order valence-electron chi connectivity index (χ1n) is 3.50. The van der Waals surface area contributed by atoms with Gasteiger partial charge in [0, 0.05) is 0 Å². The lowest BCUT2D eigenvalue weighted by molar-refractivity contribution is 1.15. The number of imidazole rings is 1. The Morgan fingerprint density at radius 1 is 1.38 bits per heavy atom. The van der Waals surface area contributed by atoms with Crippen molar-refractivity contribution in [2.45, 2.75) is 0 Å². The molecule has 13 heavy (non-hydrogen) atoms. The number of amidine groups is 1. The number of aromatic amines is 1. The van der Waals surface area contributed by atoms with Crippen molar-refractivity contribution in [3.05, 3.63) is 18.3 Å². The first kappa shape index (κ1) is 7.47. The fraction of sp³-hybridized carbons (Fsp3) is 0. The molecular weight excluding hydrogens is 170 g/mol. The zero-order valence-electron chi connectivity index (χ0n) is 6.60. The molecular formula is C6H7N7. The number of nitrogens with two attached hydrogens (primary N) is 2. The number of nitrogens with zero attached hydrogens (tertiary/aromatic N) is 4. The summed E-state index contributed by atoms with van der Waals surface area (Å²) >= 11 is 0. The van der Waals surface area contributed by atoms with Gasteiger partial charge in [0.1, 0.15) is 17.5 Å². The van der Waals surface area contributed by atoms with Crippen LogP contribution in [0.1, 0.15) is 5.69 Å². The van der Waals surface area contributed by atoms with Gasteiger partial charge in [-0.25, -0.2) is 15.0 Å². The largest absolute Gasteiger partial charge is 0.380 e. The van der Waals surface area contributed by atoms with Crippen molar-refractivity contribution >= 4 is 17.0 Å². The average Bonchev–Trinajstić information content (AvgIpc) is 2.63. The van der Waals surface area contributed by atoms with Crippen LogP contribution in [-0.2, 0) is 0 Å². The summed E-state index contributed by atoms with van der Waals surface area (Å²) in [6.45, 7) is 0. The molecule has 0 unspecified atom stereocenters. The molecule has 0 fully saturated rings. The van der Waals surface area contributed by atoms with E-state index in [2.05, 4.69) is 25.0 Å². The monoisotopic (exact) mass is 177 g/mol. The minimum absolute atomic E-state index is 0.150. The molecule has 0 saturated heterocycles. The minimum Gasteiger partial charge on any atom is -0.380 e. The van der Waals surface area contributed by atoms with E-state index in [1.54, 1.807) is 0 Å². The molecule has 2 rings (SSSR count). The highest BCUT2D eigenvalue weighted by Crippen LogP contribution is 2.07. The third-order valence-corrected chi connectivity index (χ3v) is 1.60. The number of H-pyrrole nitrogens is 1. The summed E-state index contributed by atoms with van der Waals surface area (Å²) in [6.07, 6.45) is 2.86. The first-order valence-corrected chi connectivity index (χ1v) is 3.50. The molecule has 0 spiro atoms. The van der Waals surface area contributed by atoms with Crippen molar-refractivity contribution in [3.8, 4) is 0 Å². The third-order valence-electron chi connectivity index (χ3n) is 1.60. The van der Waals surface area contributed by atoms with Crippen LogP contribution in [0.4, 0.5) is 0 Å². The lowest BCUT2D eigenvalue weighted by atomic mass is 10.3. The van der Waals surface area contributed by atoms with Crippen molar-refractivity contribution in [1.29, 1.82) is 0 Å². The van der Waals surface area contributed by atoms with E-state index in [4.69, 9.17) is 11.6 Å². The van der Waals surface area contributed by atoms with Gasteiger partial charge in [0.15, 0.2) is 11.5 Å². The Hall–Kier alpha value is -2.18. The smallest absolute Gasteiger partial charge is 0.181 e. The van der Waals surface area contributed by atoms with E-state index in [0.29, 0.717) is 16.9 Å². The molecule has 2 aromatic heterocycles. The topological polar surface area (TPSA) is 119 Å². The van der Waals surface area contributed by atoms with Crippen LogP contribution in [0.3, 0.4) is 0 Å². The summed E-state index contributed by atoms with van der Waals surface area (Å²) in [7, 11) is 0. The Morgan fingerprint density at radius 3 is 3.00 bits per heavy atom. The van der Waals surface area contributed by atoms with Gasteiger partial charge in [-0.3, -0.25) is 0 Å². The molecule has 7 heteroatoms. The summed E-state index contributed by atoms with van der Waals surface area (Å²) in [5.41, 5.74) is 7.14. The van der Waals surface area contributed by atoms with Gasteiger partial charge < -0.3 is 16.6 Å². The molecule has 7 nitrogen and oxygen atoms in total. The number of nitrogens with one attached hydrogen (secondary N) is 1. The van der Waals surface area contributed by atoms with Crippen LogP contribution >= 0.6 is 0 Å². The summed E-state index contributed by atoms with van der Waals surface area (Å²) in [5.74, 6) is 5.18. The van der Waals surface area contributed by atoms with Crippen LogP contribution in [0, 0.1) is 0 Å². The maximum atomic E-state index is 5.51. The zero-order valence-corrected chi connectivity index (χ0v) is 6.60. The molecule has 66 valence electrons. The highest BCUT2D eigenvalue weighted by molar-refractivity contribution is 6.04. The highest BCUT2D eigenvalue weighted by atomic mass is 15.2. The number of hydrogen-bond acceptors (Lipinski definition) is 5. The third kappa shape index (κ3) is 1.06. The van der Waals surface area contributed by atoms with E-state index in [0.717, 1.165) is 0 Å². The van der Waals surface area contributed by atoms with E-state index in [1.807, 2.05) is 0 Å². The lowest BCUT2D eigenvalue weighted by Gasteiger charge is -1.97. The van der Waals surface area contributed by atoms with Crippen LogP contribution < -0.4 is 11.6 Å². The standard InChI is InChI=1S/C6H7N7/c7-5(13-8)3-4-6(11-1-9-3)12-2-10-4/h1-2H,8H2,(H2,7,13)(H,9,10,11,12). The van der Waals surface area contributed by atoms with Crippen molar-refractivity contribution in [2.75, 3.05) is 0 Å². The molecule has 0 atom stereocenters. The van der Waals surface area contributed by atoms with E-state index >= 15 is 0 Å². The van der Waals surface area contributed by atoms with Crippen LogP contribution in [0.2, 0.25) is 0 Å². The summed E-state index contributed by atoms with van der Waals surface area (Å²) in [5, 5.41) is 3.34. The van der Waals surface area contributed by atoms with Crippen LogP contribution in [0.15, 0.2) is 17.8 Å². The SMILES string of the molecule is NN=C(N)c1ncnc2nc[nH]c12. The molecule has 0 bridgehead atoms. The average molecular weight is 177 g/mol. The Labute approximate surface area is 72.9 Å². The van der Waals surface area contributed by atoms with Crippen molar-refractivity contribution in [1.82, 2.24) is 19.9 Å². The molecule has 0 aliphatic heterocycles. The molecule has 5 N–H and O–H groups in total. The second-order valence-electron chi connectivity index (χ2n) is 2.34. The number of aromatic nitrogens is 4. The Balaban J connectivity index is 2.75. The van der Waals surface area contributed by atoms with Crippen LogP contribution in [-0.4, -0.2) is 25.8 Å². The van der Waals surface area contributed by atoms with E-state index < -0.39 is 0 Å². The minimum atomic E-state index is 0.150. The van der Waals surface area contributed by atoms with Gasteiger partial charge in [0.25, 0.3) is 0 Å². The quantitative estimate of drug-likeness (QED) is 0.222. The van der Waals surface area contributed by atoms with Gasteiger partial charge in [0.05, 0.1) is 6.33 Å². The van der Waals surface area contributed by atoms with Gasteiger partial charge in [-0.2, -0.15) is 5.10 Å². The van der Waals surface area contributed by atoms with Gasteiger partial charge in [-0.15, -0.1) is 0 Å².